The number of methoxy groups -OCH3 is 1. The number of nitrogens with one attached hydrogen (secondary N) is 2. The highest BCUT2D eigenvalue weighted by molar-refractivity contribution is 5.99. The van der Waals surface area contributed by atoms with Gasteiger partial charge in [-0.1, -0.05) is 12.1 Å². The van der Waals surface area contributed by atoms with E-state index in [0.717, 1.165) is 36.2 Å². The van der Waals surface area contributed by atoms with Gasteiger partial charge in [0.15, 0.2) is 0 Å². The molecule has 0 spiro atoms. The van der Waals surface area contributed by atoms with Gasteiger partial charge in [0.25, 0.3) is 0 Å². The van der Waals surface area contributed by atoms with Crippen molar-refractivity contribution in [3.63, 3.8) is 0 Å². The van der Waals surface area contributed by atoms with Gasteiger partial charge in [-0.3, -0.25) is 4.98 Å². The molecular formula is C24H20F3N5O2. The lowest BCUT2D eigenvalue weighted by Gasteiger charge is -2.14. The van der Waals surface area contributed by atoms with Gasteiger partial charge in [0, 0.05) is 48.3 Å². The fourth-order valence-electron chi connectivity index (χ4n) is 3.44. The molecule has 0 aliphatic heterocycles. The van der Waals surface area contributed by atoms with Crippen molar-refractivity contribution in [3.05, 3.63) is 90.5 Å². The topological polar surface area (TPSA) is 81.1 Å². The number of carbonyl (C=O) groups excluding carboxylic acids is 1. The number of pyridine rings is 1. The Balaban J connectivity index is 1.46. The van der Waals surface area contributed by atoms with E-state index in [-0.39, 0.29) is 11.4 Å². The molecule has 2 aromatic carbocycles. The van der Waals surface area contributed by atoms with Crippen molar-refractivity contribution in [3.8, 4) is 17.1 Å². The Labute approximate surface area is 193 Å². The number of benzene rings is 2. The molecule has 0 radical (unpaired) electrons. The molecular weight excluding hydrogens is 447 g/mol. The fraction of sp³-hybridized carbons (Fsp3) is 0.125. The van der Waals surface area contributed by atoms with Crippen LogP contribution in [0.15, 0.2) is 79.4 Å². The predicted octanol–water partition coefficient (Wildman–Crippen LogP) is 5.66. The molecule has 34 heavy (non-hydrogen) atoms. The summed E-state index contributed by atoms with van der Waals surface area (Å²) in [6, 6.07) is 13.5. The van der Waals surface area contributed by atoms with Crippen LogP contribution in [0.5, 0.6) is 5.75 Å². The quantitative estimate of drug-likeness (QED) is 0.383. The number of hydrogen-bond donors (Lipinski definition) is 2. The average Bonchev–Trinajstić information content (AvgIpc) is 3.27. The number of halogens is 3. The zero-order chi connectivity index (χ0) is 24.1. The molecule has 2 heterocycles. The molecule has 0 bridgehead atoms. The van der Waals surface area contributed by atoms with Crippen molar-refractivity contribution in [2.75, 3.05) is 17.7 Å². The smallest absolute Gasteiger partial charge is 0.420 e. The van der Waals surface area contributed by atoms with E-state index in [1.54, 1.807) is 36.8 Å². The first kappa shape index (κ1) is 22.8. The van der Waals surface area contributed by atoms with Crippen LogP contribution in [0.4, 0.5) is 29.3 Å². The van der Waals surface area contributed by atoms with E-state index in [0.29, 0.717) is 12.2 Å². The maximum absolute atomic E-state index is 13.2. The highest BCUT2D eigenvalue weighted by Crippen LogP contribution is 2.37. The summed E-state index contributed by atoms with van der Waals surface area (Å²) in [5.41, 5.74) is 1.33. The maximum Gasteiger partial charge on any atom is 0.420 e. The molecule has 0 aliphatic carbocycles. The monoisotopic (exact) mass is 467 g/mol. The van der Waals surface area contributed by atoms with Crippen LogP contribution in [0.3, 0.4) is 0 Å². The SMILES string of the molecule is COc1ccc(NC(=O)Nc2cccc(Cn3ccnc3-c3ccncc3)c2)cc1C(F)(F)F. The van der Waals surface area contributed by atoms with Gasteiger partial charge in [0.2, 0.25) is 0 Å². The van der Waals surface area contributed by atoms with E-state index < -0.39 is 17.8 Å². The number of anilines is 2. The van der Waals surface area contributed by atoms with E-state index in [2.05, 4.69) is 20.6 Å². The lowest BCUT2D eigenvalue weighted by atomic mass is 10.1. The second-order valence-electron chi connectivity index (χ2n) is 7.31. The Kier molecular flexibility index (Phi) is 6.48. The van der Waals surface area contributed by atoms with Gasteiger partial charge in [-0.15, -0.1) is 0 Å². The summed E-state index contributed by atoms with van der Waals surface area (Å²) in [5.74, 6) is 0.454. The molecule has 0 unspecified atom stereocenters. The summed E-state index contributed by atoms with van der Waals surface area (Å²) in [6.07, 6.45) is 2.33. The van der Waals surface area contributed by atoms with Gasteiger partial charge < -0.3 is 19.9 Å². The Morgan fingerprint density at radius 3 is 2.44 bits per heavy atom. The Bertz CT molecular complexity index is 1290. The van der Waals surface area contributed by atoms with E-state index in [1.807, 2.05) is 29.0 Å². The molecule has 0 aliphatic rings. The number of imidazole rings is 1. The number of ether oxygens (including phenoxy) is 1. The number of alkyl halides is 3. The first-order valence-corrected chi connectivity index (χ1v) is 10.2. The second kappa shape index (κ2) is 9.65. The normalized spacial score (nSPS) is 11.2. The van der Waals surface area contributed by atoms with Crippen molar-refractivity contribution in [2.45, 2.75) is 12.7 Å². The molecule has 4 rings (SSSR count). The van der Waals surface area contributed by atoms with Gasteiger partial charge in [-0.2, -0.15) is 13.2 Å². The first-order valence-electron chi connectivity index (χ1n) is 10.2. The highest BCUT2D eigenvalue weighted by atomic mass is 19.4. The summed E-state index contributed by atoms with van der Waals surface area (Å²) in [7, 11) is 1.15. The molecule has 2 amide bonds. The number of aromatic nitrogens is 3. The van der Waals surface area contributed by atoms with E-state index >= 15 is 0 Å². The molecule has 2 aromatic heterocycles. The predicted molar refractivity (Wildman–Crippen MR) is 122 cm³/mol. The fourth-order valence-corrected chi connectivity index (χ4v) is 3.44. The molecule has 0 saturated carbocycles. The van der Waals surface area contributed by atoms with Crippen LogP contribution in [0.1, 0.15) is 11.1 Å². The molecule has 0 fully saturated rings. The van der Waals surface area contributed by atoms with Crippen molar-refractivity contribution < 1.29 is 22.7 Å². The second-order valence-corrected chi connectivity index (χ2v) is 7.31. The minimum absolute atomic E-state index is 0.0119. The third kappa shape index (κ3) is 5.34. The molecule has 7 nitrogen and oxygen atoms in total. The Morgan fingerprint density at radius 2 is 1.74 bits per heavy atom. The zero-order valence-corrected chi connectivity index (χ0v) is 18.0. The number of hydrogen-bond acceptors (Lipinski definition) is 4. The molecule has 4 aromatic rings. The van der Waals surface area contributed by atoms with Crippen LogP contribution in [0.25, 0.3) is 11.4 Å². The van der Waals surface area contributed by atoms with Crippen LogP contribution in [-0.2, 0) is 12.7 Å². The summed E-state index contributed by atoms with van der Waals surface area (Å²) >= 11 is 0. The first-order chi connectivity index (χ1) is 16.3. The van der Waals surface area contributed by atoms with Crippen molar-refractivity contribution in [1.29, 1.82) is 0 Å². The average molecular weight is 467 g/mol. The standard InChI is InChI=1S/C24H20F3N5O2/c1-34-21-6-5-19(14-20(21)24(25,26)27)31-23(33)30-18-4-2-3-16(13-18)15-32-12-11-29-22(32)17-7-9-28-10-8-17/h2-14H,15H2,1H3,(H2,30,31,33). The third-order valence-corrected chi connectivity index (χ3v) is 4.95. The van der Waals surface area contributed by atoms with E-state index in [4.69, 9.17) is 4.74 Å². The molecule has 174 valence electrons. The number of rotatable bonds is 6. The van der Waals surface area contributed by atoms with Gasteiger partial charge in [-0.05, 0) is 48.0 Å². The lowest BCUT2D eigenvalue weighted by molar-refractivity contribution is -0.138. The van der Waals surface area contributed by atoms with Crippen molar-refractivity contribution in [1.82, 2.24) is 14.5 Å². The zero-order valence-electron chi connectivity index (χ0n) is 18.0. The number of urea groups is 1. The Hall–Kier alpha value is -4.34. The lowest BCUT2D eigenvalue weighted by Crippen LogP contribution is -2.20. The summed E-state index contributed by atoms with van der Waals surface area (Å²) in [6.45, 7) is 0.502. The van der Waals surface area contributed by atoms with E-state index in [9.17, 15) is 18.0 Å². The number of amides is 2. The third-order valence-electron chi connectivity index (χ3n) is 4.95. The van der Waals surface area contributed by atoms with Crippen LogP contribution >= 0.6 is 0 Å². The van der Waals surface area contributed by atoms with Crippen molar-refractivity contribution in [2.24, 2.45) is 0 Å². The van der Waals surface area contributed by atoms with Crippen LogP contribution in [-0.4, -0.2) is 27.7 Å². The van der Waals surface area contributed by atoms with Crippen LogP contribution in [0, 0.1) is 0 Å². The molecule has 10 heteroatoms. The van der Waals surface area contributed by atoms with Crippen molar-refractivity contribution >= 4 is 17.4 Å². The summed E-state index contributed by atoms with van der Waals surface area (Å²) in [4.78, 5) is 20.8. The van der Waals surface area contributed by atoms with Gasteiger partial charge >= 0.3 is 12.2 Å². The highest BCUT2D eigenvalue weighted by Gasteiger charge is 2.34. The van der Waals surface area contributed by atoms with Gasteiger partial charge in [0.05, 0.1) is 12.7 Å². The minimum atomic E-state index is -4.61. The van der Waals surface area contributed by atoms with Crippen LogP contribution in [0.2, 0.25) is 0 Å². The Morgan fingerprint density at radius 1 is 1.00 bits per heavy atom. The van der Waals surface area contributed by atoms with Crippen LogP contribution < -0.4 is 15.4 Å². The minimum Gasteiger partial charge on any atom is -0.496 e. The molecule has 0 saturated heterocycles. The molecule has 2 N–H and O–H groups in total. The summed E-state index contributed by atoms with van der Waals surface area (Å²) in [5, 5.41) is 5.07. The maximum atomic E-state index is 13.2. The van der Waals surface area contributed by atoms with Gasteiger partial charge in [-0.25, -0.2) is 9.78 Å². The number of nitrogens with zero attached hydrogens (tertiary/aromatic N) is 3. The summed E-state index contributed by atoms with van der Waals surface area (Å²) < 4.78 is 46.4. The van der Waals surface area contributed by atoms with E-state index in [1.165, 1.54) is 6.07 Å². The molecule has 0 atom stereocenters. The number of carbonyl (C=O) groups is 1. The largest absolute Gasteiger partial charge is 0.496 e. The van der Waals surface area contributed by atoms with Gasteiger partial charge in [0.1, 0.15) is 11.6 Å².